The highest BCUT2D eigenvalue weighted by Gasteiger charge is 2.39. The molecule has 2 aromatic carbocycles. The van der Waals surface area contributed by atoms with Crippen LogP contribution in [0.2, 0.25) is 0 Å². The van der Waals surface area contributed by atoms with Crippen LogP contribution in [-0.2, 0) is 36.9 Å². The number of benzene rings is 2. The predicted molar refractivity (Wildman–Crippen MR) is 131 cm³/mol. The molecule has 2 aromatic rings. The van der Waals surface area contributed by atoms with Gasteiger partial charge < -0.3 is 19.7 Å². The number of rotatable bonds is 6. The highest BCUT2D eigenvalue weighted by Crippen LogP contribution is 2.28. The van der Waals surface area contributed by atoms with Gasteiger partial charge in [-0.1, -0.05) is 42.5 Å². The quantitative estimate of drug-likeness (QED) is 0.454. The van der Waals surface area contributed by atoms with Gasteiger partial charge in [0.2, 0.25) is 17.9 Å². The van der Waals surface area contributed by atoms with Crippen molar-refractivity contribution in [2.75, 3.05) is 0 Å². The Morgan fingerprint density at radius 2 is 1.84 bits per heavy atom. The van der Waals surface area contributed by atoms with Crippen LogP contribution >= 0.6 is 0 Å². The van der Waals surface area contributed by atoms with Crippen molar-refractivity contribution in [3.8, 4) is 0 Å². The largest absolute Gasteiger partial charge is 0.509 e. The predicted octanol–water partition coefficient (Wildman–Crippen LogP) is 2.76. The van der Waals surface area contributed by atoms with Crippen molar-refractivity contribution in [3.05, 3.63) is 70.8 Å². The van der Waals surface area contributed by atoms with Gasteiger partial charge in [-0.2, -0.15) is 0 Å². The van der Waals surface area contributed by atoms with Gasteiger partial charge >= 0.3 is 6.16 Å². The molecule has 0 saturated carbocycles. The van der Waals surface area contributed by atoms with E-state index >= 15 is 0 Å². The average molecular weight is 508 g/mol. The molecule has 0 spiro atoms. The first-order chi connectivity index (χ1) is 17.5. The standard InChI is InChI=1S/C27H29N3O7/c1-27(2,3)37-26(35)36-22(17-7-5-4-6-8-17)24(33)28-14-16-9-10-19-18(13-16)15-30(25(19)34)20-11-12-21(31)29-23(20)32/h4-10,13,20,22H,11-12,14-15H2,1-3H3,(H,28,33)(H,29,31,32)/t20?,22-/m0/s1. The van der Waals surface area contributed by atoms with Crippen LogP contribution in [0.3, 0.4) is 0 Å². The van der Waals surface area contributed by atoms with E-state index in [9.17, 15) is 24.0 Å². The molecule has 4 amide bonds. The monoisotopic (exact) mass is 507 g/mol. The number of hydrogen-bond donors (Lipinski definition) is 2. The smallest absolute Gasteiger partial charge is 0.429 e. The summed E-state index contributed by atoms with van der Waals surface area (Å²) in [6.45, 7) is 5.46. The number of carbonyl (C=O) groups is 5. The van der Waals surface area contributed by atoms with E-state index in [2.05, 4.69) is 10.6 Å². The van der Waals surface area contributed by atoms with Gasteiger partial charge in [0.05, 0.1) is 0 Å². The Labute approximate surface area is 214 Å². The van der Waals surface area contributed by atoms with Crippen LogP contribution in [0, 0.1) is 0 Å². The fraction of sp³-hybridized carbons (Fsp3) is 0.370. The van der Waals surface area contributed by atoms with Crippen molar-refractivity contribution in [1.82, 2.24) is 15.5 Å². The molecule has 2 aliphatic rings. The van der Waals surface area contributed by atoms with Crippen molar-refractivity contribution in [2.24, 2.45) is 0 Å². The zero-order chi connectivity index (χ0) is 26.7. The van der Waals surface area contributed by atoms with Gasteiger partial charge in [0.25, 0.3) is 11.8 Å². The molecule has 194 valence electrons. The third-order valence-electron chi connectivity index (χ3n) is 6.00. The summed E-state index contributed by atoms with van der Waals surface area (Å²) in [5, 5.41) is 5.07. The number of piperidine rings is 1. The Morgan fingerprint density at radius 1 is 1.11 bits per heavy atom. The molecule has 10 heteroatoms. The Bertz CT molecular complexity index is 1240. The Balaban J connectivity index is 1.43. The highest BCUT2D eigenvalue weighted by molar-refractivity contribution is 6.05. The van der Waals surface area contributed by atoms with Crippen molar-refractivity contribution in [1.29, 1.82) is 0 Å². The van der Waals surface area contributed by atoms with Crippen LogP contribution in [0.25, 0.3) is 0 Å². The van der Waals surface area contributed by atoms with Crippen LogP contribution in [0.15, 0.2) is 48.5 Å². The molecule has 2 aliphatic heterocycles. The minimum absolute atomic E-state index is 0.125. The Morgan fingerprint density at radius 3 is 2.51 bits per heavy atom. The van der Waals surface area contributed by atoms with Crippen molar-refractivity contribution < 1.29 is 33.4 Å². The summed E-state index contributed by atoms with van der Waals surface area (Å²) in [5.74, 6) is -1.61. The molecule has 0 aromatic heterocycles. The van der Waals surface area contributed by atoms with E-state index < -0.39 is 35.7 Å². The molecular formula is C27H29N3O7. The fourth-order valence-corrected chi connectivity index (χ4v) is 4.29. The molecule has 2 heterocycles. The third kappa shape index (κ3) is 6.14. The van der Waals surface area contributed by atoms with Gasteiger partial charge in [0, 0.05) is 30.6 Å². The Hall–Kier alpha value is -4.21. The first-order valence-electron chi connectivity index (χ1n) is 12.0. The van der Waals surface area contributed by atoms with Crippen molar-refractivity contribution in [3.63, 3.8) is 0 Å². The van der Waals surface area contributed by atoms with Crippen LogP contribution in [0.5, 0.6) is 0 Å². The van der Waals surface area contributed by atoms with Crippen molar-refractivity contribution >= 4 is 29.8 Å². The number of imide groups is 1. The van der Waals surface area contributed by atoms with Gasteiger partial charge in [-0.15, -0.1) is 0 Å². The second kappa shape index (κ2) is 10.4. The lowest BCUT2D eigenvalue weighted by Gasteiger charge is -2.29. The van der Waals surface area contributed by atoms with Gasteiger partial charge in [0.15, 0.2) is 0 Å². The number of fused-ring (bicyclic) bond motifs is 1. The van der Waals surface area contributed by atoms with Crippen molar-refractivity contribution in [2.45, 2.75) is 64.4 Å². The maximum atomic E-state index is 13.0. The summed E-state index contributed by atoms with van der Waals surface area (Å²) >= 11 is 0. The van der Waals surface area contributed by atoms with Crippen LogP contribution in [-0.4, -0.2) is 46.3 Å². The SMILES string of the molecule is CC(C)(C)OC(=O)O[C@H](C(=O)NCc1ccc2c(c1)CN(C1CCC(=O)NC1=O)C2=O)c1ccccc1. The molecule has 4 rings (SSSR count). The summed E-state index contributed by atoms with van der Waals surface area (Å²) in [4.78, 5) is 63.4. The minimum Gasteiger partial charge on any atom is -0.429 e. The fourth-order valence-electron chi connectivity index (χ4n) is 4.29. The van der Waals surface area contributed by atoms with E-state index in [1.165, 1.54) is 4.90 Å². The maximum Gasteiger partial charge on any atom is 0.509 e. The average Bonchev–Trinajstić information content (AvgIpc) is 3.16. The summed E-state index contributed by atoms with van der Waals surface area (Å²) in [6, 6.07) is 13.1. The molecule has 2 atom stereocenters. The molecule has 1 fully saturated rings. The molecule has 0 radical (unpaired) electrons. The second-order valence-electron chi connectivity index (χ2n) is 9.98. The topological polar surface area (TPSA) is 131 Å². The zero-order valence-electron chi connectivity index (χ0n) is 20.9. The number of nitrogens with zero attached hydrogens (tertiary/aromatic N) is 1. The lowest BCUT2D eigenvalue weighted by molar-refractivity contribution is -0.137. The van der Waals surface area contributed by atoms with E-state index in [0.717, 1.165) is 11.1 Å². The minimum atomic E-state index is -1.21. The lowest BCUT2D eigenvalue weighted by atomic mass is 10.0. The molecule has 0 bridgehead atoms. The third-order valence-corrected chi connectivity index (χ3v) is 6.00. The number of nitrogens with one attached hydrogen (secondary N) is 2. The molecule has 0 aliphatic carbocycles. The van der Waals surface area contributed by atoms with E-state index in [1.54, 1.807) is 69.3 Å². The van der Waals surface area contributed by atoms with E-state index in [1.807, 2.05) is 0 Å². The zero-order valence-corrected chi connectivity index (χ0v) is 20.9. The molecular weight excluding hydrogens is 478 g/mol. The Kier molecular flexibility index (Phi) is 7.28. The van der Waals surface area contributed by atoms with Gasteiger partial charge in [0.1, 0.15) is 11.6 Å². The van der Waals surface area contributed by atoms with E-state index in [0.29, 0.717) is 11.1 Å². The summed E-state index contributed by atoms with van der Waals surface area (Å²) < 4.78 is 10.6. The van der Waals surface area contributed by atoms with Crippen LogP contribution < -0.4 is 10.6 Å². The highest BCUT2D eigenvalue weighted by atomic mass is 16.7. The molecule has 10 nitrogen and oxygen atoms in total. The van der Waals surface area contributed by atoms with Crippen LogP contribution in [0.4, 0.5) is 4.79 Å². The van der Waals surface area contributed by atoms with Gasteiger partial charge in [-0.25, -0.2) is 4.79 Å². The summed E-state index contributed by atoms with van der Waals surface area (Å²) in [7, 11) is 0. The van der Waals surface area contributed by atoms with Gasteiger partial charge in [-0.05, 0) is 44.4 Å². The van der Waals surface area contributed by atoms with Gasteiger partial charge in [-0.3, -0.25) is 24.5 Å². The lowest BCUT2D eigenvalue weighted by Crippen LogP contribution is -2.52. The number of ether oxygens (including phenoxy) is 2. The number of carbonyl (C=O) groups excluding carboxylic acids is 5. The molecule has 37 heavy (non-hydrogen) atoms. The number of hydrogen-bond acceptors (Lipinski definition) is 7. The normalized spacial score (nSPS) is 18.1. The van der Waals surface area contributed by atoms with Crippen LogP contribution in [0.1, 0.15) is 66.8 Å². The summed E-state index contributed by atoms with van der Waals surface area (Å²) in [6.07, 6.45) is -1.70. The maximum absolute atomic E-state index is 13.0. The van der Waals surface area contributed by atoms with E-state index in [4.69, 9.17) is 9.47 Å². The molecule has 1 saturated heterocycles. The first-order valence-corrected chi connectivity index (χ1v) is 12.0. The second-order valence-corrected chi connectivity index (χ2v) is 9.98. The molecule has 1 unspecified atom stereocenters. The summed E-state index contributed by atoms with van der Waals surface area (Å²) in [5.41, 5.74) is 1.65. The molecule has 2 N–H and O–H groups in total. The number of amides is 4. The first kappa shape index (κ1) is 25.9. The van der Waals surface area contributed by atoms with E-state index in [-0.39, 0.29) is 37.7 Å².